The molecule has 2 N–H and O–H groups in total. The van der Waals surface area contributed by atoms with Crippen molar-refractivity contribution in [1.29, 1.82) is 0 Å². The van der Waals surface area contributed by atoms with Gasteiger partial charge in [0, 0.05) is 29.8 Å². The Morgan fingerprint density at radius 2 is 2.05 bits per heavy atom. The molecule has 106 valence electrons. The fourth-order valence-electron chi connectivity index (χ4n) is 2.59. The molecule has 1 aromatic carbocycles. The molecule has 1 fully saturated rings. The molecule has 0 bridgehead atoms. The van der Waals surface area contributed by atoms with Crippen molar-refractivity contribution in [3.63, 3.8) is 0 Å². The monoisotopic (exact) mass is 280 g/mol. The Morgan fingerprint density at radius 3 is 2.63 bits per heavy atom. The summed E-state index contributed by atoms with van der Waals surface area (Å²) >= 11 is 6.40. The van der Waals surface area contributed by atoms with Crippen molar-refractivity contribution in [2.75, 3.05) is 18.0 Å². The van der Waals surface area contributed by atoms with Gasteiger partial charge < -0.3 is 10.6 Å². The molecule has 1 unspecified atom stereocenters. The van der Waals surface area contributed by atoms with E-state index in [9.17, 15) is 0 Å². The van der Waals surface area contributed by atoms with Crippen LogP contribution in [-0.4, -0.2) is 19.1 Å². The second-order valence-corrected chi connectivity index (χ2v) is 6.22. The molecule has 1 aliphatic rings. The van der Waals surface area contributed by atoms with E-state index >= 15 is 0 Å². The first-order chi connectivity index (χ1) is 9.10. The quantitative estimate of drug-likeness (QED) is 0.907. The minimum absolute atomic E-state index is 0.208. The van der Waals surface area contributed by atoms with Gasteiger partial charge in [-0.25, -0.2) is 0 Å². The standard InChI is InChI=1S/C16H25ClN2/c1-3-14(18)10-13-4-5-15(11-16(13)17)19-8-6-12(2)7-9-19/h4-5,11-12,14H,3,6-10,18H2,1-2H3. The van der Waals surface area contributed by atoms with Gasteiger partial charge in [-0.2, -0.15) is 0 Å². The van der Waals surface area contributed by atoms with E-state index in [-0.39, 0.29) is 6.04 Å². The number of anilines is 1. The number of rotatable bonds is 4. The first-order valence-electron chi connectivity index (χ1n) is 7.39. The van der Waals surface area contributed by atoms with E-state index in [1.54, 1.807) is 0 Å². The Kier molecular flexibility index (Phi) is 5.12. The smallest absolute Gasteiger partial charge is 0.0459 e. The average molecular weight is 281 g/mol. The predicted molar refractivity (Wildman–Crippen MR) is 84.0 cm³/mol. The van der Waals surface area contributed by atoms with Crippen LogP contribution in [0.3, 0.4) is 0 Å². The molecule has 1 saturated heterocycles. The van der Waals surface area contributed by atoms with E-state index < -0.39 is 0 Å². The van der Waals surface area contributed by atoms with Gasteiger partial charge in [-0.15, -0.1) is 0 Å². The van der Waals surface area contributed by atoms with E-state index in [1.807, 2.05) is 0 Å². The van der Waals surface area contributed by atoms with E-state index in [1.165, 1.54) is 24.1 Å². The third-order valence-electron chi connectivity index (χ3n) is 4.19. The van der Waals surface area contributed by atoms with E-state index in [2.05, 4.69) is 36.9 Å². The summed E-state index contributed by atoms with van der Waals surface area (Å²) in [5, 5.41) is 0.861. The summed E-state index contributed by atoms with van der Waals surface area (Å²) in [7, 11) is 0. The van der Waals surface area contributed by atoms with Crippen LogP contribution in [0.2, 0.25) is 5.02 Å². The molecule has 1 aromatic rings. The maximum Gasteiger partial charge on any atom is 0.0459 e. The summed E-state index contributed by atoms with van der Waals surface area (Å²) in [4.78, 5) is 2.44. The number of halogens is 1. The highest BCUT2D eigenvalue weighted by Gasteiger charge is 2.17. The van der Waals surface area contributed by atoms with Crippen LogP contribution in [0.1, 0.15) is 38.7 Å². The lowest BCUT2D eigenvalue weighted by atomic mass is 9.98. The molecule has 0 radical (unpaired) electrons. The van der Waals surface area contributed by atoms with E-state index in [0.29, 0.717) is 0 Å². The van der Waals surface area contributed by atoms with Crippen LogP contribution in [0, 0.1) is 5.92 Å². The number of hydrogen-bond acceptors (Lipinski definition) is 2. The number of hydrogen-bond donors (Lipinski definition) is 1. The van der Waals surface area contributed by atoms with Crippen molar-refractivity contribution < 1.29 is 0 Å². The zero-order chi connectivity index (χ0) is 13.8. The molecule has 1 atom stereocenters. The zero-order valence-electron chi connectivity index (χ0n) is 12.0. The topological polar surface area (TPSA) is 29.3 Å². The molecule has 0 saturated carbocycles. The summed E-state index contributed by atoms with van der Waals surface area (Å²) in [5.74, 6) is 0.855. The largest absolute Gasteiger partial charge is 0.371 e. The molecule has 19 heavy (non-hydrogen) atoms. The van der Waals surface area contributed by atoms with Gasteiger partial charge >= 0.3 is 0 Å². The highest BCUT2D eigenvalue weighted by Crippen LogP contribution is 2.28. The molecular weight excluding hydrogens is 256 g/mol. The molecule has 1 aliphatic heterocycles. The Balaban J connectivity index is 2.06. The Labute approximate surface area is 121 Å². The van der Waals surface area contributed by atoms with Gasteiger partial charge in [-0.1, -0.05) is 31.5 Å². The van der Waals surface area contributed by atoms with Crippen molar-refractivity contribution in [2.45, 2.75) is 45.6 Å². The fraction of sp³-hybridized carbons (Fsp3) is 0.625. The third-order valence-corrected chi connectivity index (χ3v) is 4.54. The highest BCUT2D eigenvalue weighted by molar-refractivity contribution is 6.31. The minimum Gasteiger partial charge on any atom is -0.371 e. The van der Waals surface area contributed by atoms with E-state index in [4.69, 9.17) is 17.3 Å². The Hall–Kier alpha value is -0.730. The molecular formula is C16H25ClN2. The molecule has 2 rings (SSSR count). The van der Waals surface area contributed by atoms with Crippen LogP contribution in [0.4, 0.5) is 5.69 Å². The van der Waals surface area contributed by atoms with E-state index in [0.717, 1.165) is 36.9 Å². The number of piperidine rings is 1. The highest BCUT2D eigenvalue weighted by atomic mass is 35.5. The summed E-state index contributed by atoms with van der Waals surface area (Å²) < 4.78 is 0. The number of nitrogens with two attached hydrogens (primary N) is 1. The molecule has 2 nitrogen and oxygen atoms in total. The third kappa shape index (κ3) is 3.87. The van der Waals surface area contributed by atoms with Gasteiger partial charge in [0.15, 0.2) is 0 Å². The molecule has 0 aromatic heterocycles. The van der Waals surface area contributed by atoms with Gasteiger partial charge in [0.05, 0.1) is 0 Å². The van der Waals surface area contributed by atoms with Crippen molar-refractivity contribution in [2.24, 2.45) is 11.7 Å². The minimum atomic E-state index is 0.208. The fourth-order valence-corrected chi connectivity index (χ4v) is 2.84. The second-order valence-electron chi connectivity index (χ2n) is 5.82. The summed E-state index contributed by atoms with van der Waals surface area (Å²) in [6.45, 7) is 6.73. The lowest BCUT2D eigenvalue weighted by Gasteiger charge is -2.32. The SMILES string of the molecule is CCC(N)Cc1ccc(N2CCC(C)CC2)cc1Cl. The lowest BCUT2D eigenvalue weighted by molar-refractivity contribution is 0.438. The number of benzene rings is 1. The number of nitrogens with zero attached hydrogens (tertiary/aromatic N) is 1. The average Bonchev–Trinajstić information content (AvgIpc) is 2.41. The molecule has 0 spiro atoms. The van der Waals surface area contributed by atoms with Crippen LogP contribution in [0.25, 0.3) is 0 Å². The van der Waals surface area contributed by atoms with Crippen LogP contribution < -0.4 is 10.6 Å². The normalized spacial score (nSPS) is 18.6. The van der Waals surface area contributed by atoms with Gasteiger partial charge in [0.1, 0.15) is 0 Å². The van der Waals surface area contributed by atoms with Crippen molar-refractivity contribution >= 4 is 17.3 Å². The van der Waals surface area contributed by atoms with Crippen LogP contribution in [0.5, 0.6) is 0 Å². The van der Waals surface area contributed by atoms with Crippen LogP contribution in [-0.2, 0) is 6.42 Å². The maximum absolute atomic E-state index is 6.40. The first kappa shape index (κ1) is 14.7. The predicted octanol–water partition coefficient (Wildman–Crippen LogP) is 3.86. The first-order valence-corrected chi connectivity index (χ1v) is 7.77. The summed E-state index contributed by atoms with van der Waals surface area (Å²) in [6, 6.07) is 6.65. The Bertz CT molecular complexity index is 411. The van der Waals surface area contributed by atoms with Gasteiger partial charge in [0.25, 0.3) is 0 Å². The lowest BCUT2D eigenvalue weighted by Crippen LogP contribution is -2.32. The van der Waals surface area contributed by atoms with Crippen molar-refractivity contribution in [3.05, 3.63) is 28.8 Å². The van der Waals surface area contributed by atoms with Gasteiger partial charge in [0.2, 0.25) is 0 Å². The van der Waals surface area contributed by atoms with Crippen molar-refractivity contribution in [1.82, 2.24) is 0 Å². The molecule has 0 aliphatic carbocycles. The zero-order valence-corrected chi connectivity index (χ0v) is 12.8. The molecule has 1 heterocycles. The van der Waals surface area contributed by atoms with Gasteiger partial charge in [-0.05, 0) is 49.3 Å². The maximum atomic E-state index is 6.40. The summed E-state index contributed by atoms with van der Waals surface area (Å²) in [6.07, 6.45) is 4.41. The van der Waals surface area contributed by atoms with Crippen LogP contribution >= 0.6 is 11.6 Å². The summed E-state index contributed by atoms with van der Waals surface area (Å²) in [5.41, 5.74) is 8.43. The van der Waals surface area contributed by atoms with Crippen molar-refractivity contribution in [3.8, 4) is 0 Å². The Morgan fingerprint density at radius 1 is 1.37 bits per heavy atom. The van der Waals surface area contributed by atoms with Gasteiger partial charge in [-0.3, -0.25) is 0 Å². The molecule has 3 heteroatoms. The van der Waals surface area contributed by atoms with Crippen LogP contribution in [0.15, 0.2) is 18.2 Å². The molecule has 0 amide bonds. The second kappa shape index (κ2) is 6.62.